The van der Waals surface area contributed by atoms with Gasteiger partial charge in [0.15, 0.2) is 5.57 Å². The second-order valence-corrected chi connectivity index (χ2v) is 5.90. The molecule has 1 fully saturated rings. The van der Waals surface area contributed by atoms with Gasteiger partial charge in [0, 0.05) is 24.5 Å². The first kappa shape index (κ1) is 15.6. The van der Waals surface area contributed by atoms with Crippen molar-refractivity contribution in [1.29, 1.82) is 0 Å². The summed E-state index contributed by atoms with van der Waals surface area (Å²) in [5.41, 5.74) is 1.75. The highest BCUT2D eigenvalue weighted by Gasteiger charge is 2.38. The Balaban J connectivity index is 2.18. The van der Waals surface area contributed by atoms with Gasteiger partial charge in [-0.1, -0.05) is 13.0 Å². The Morgan fingerprint density at radius 3 is 2.38 bits per heavy atom. The number of anilines is 1. The van der Waals surface area contributed by atoms with Gasteiger partial charge in [-0.2, -0.15) is 0 Å². The van der Waals surface area contributed by atoms with Crippen LogP contribution in [0, 0.1) is 0 Å². The van der Waals surface area contributed by atoms with E-state index in [0.717, 1.165) is 16.6 Å². The Morgan fingerprint density at radius 2 is 1.86 bits per heavy atom. The largest absolute Gasteiger partial charge is 0.419 e. The highest BCUT2D eigenvalue weighted by Crippen LogP contribution is 2.26. The lowest BCUT2D eigenvalue weighted by atomic mass is 10.1. The number of hydrogen-bond acceptors (Lipinski definition) is 5. The minimum atomic E-state index is -1.23. The van der Waals surface area contributed by atoms with Gasteiger partial charge in [-0.05, 0) is 40.0 Å². The molecule has 2 rings (SSSR count). The van der Waals surface area contributed by atoms with E-state index in [4.69, 9.17) is 9.47 Å². The average Bonchev–Trinajstić information content (AvgIpc) is 2.37. The first-order chi connectivity index (χ1) is 9.82. The molecule has 1 aromatic rings. The molecule has 0 atom stereocenters. The van der Waals surface area contributed by atoms with E-state index < -0.39 is 17.7 Å². The lowest BCUT2D eigenvalue weighted by Gasteiger charge is -2.29. The van der Waals surface area contributed by atoms with Gasteiger partial charge in [0.1, 0.15) is 0 Å². The Morgan fingerprint density at radius 1 is 1.24 bits per heavy atom. The average molecular weight is 354 g/mol. The summed E-state index contributed by atoms with van der Waals surface area (Å²) in [7, 11) is 0. The molecule has 1 saturated heterocycles. The molecule has 112 valence electrons. The van der Waals surface area contributed by atoms with Crippen molar-refractivity contribution in [3.8, 4) is 0 Å². The van der Waals surface area contributed by atoms with Crippen molar-refractivity contribution >= 4 is 33.6 Å². The van der Waals surface area contributed by atoms with Crippen LogP contribution in [0.25, 0.3) is 0 Å². The number of aryl methyl sites for hydroxylation is 1. The number of cyclic esters (lactones) is 2. The van der Waals surface area contributed by atoms with E-state index in [1.54, 1.807) is 0 Å². The molecule has 0 unspecified atom stereocenters. The van der Waals surface area contributed by atoms with Gasteiger partial charge in [-0.15, -0.1) is 0 Å². The molecule has 1 heterocycles. The van der Waals surface area contributed by atoms with Crippen LogP contribution in [0.15, 0.2) is 34.4 Å². The zero-order valence-corrected chi connectivity index (χ0v) is 13.6. The molecule has 0 aromatic heterocycles. The molecule has 6 heteroatoms. The van der Waals surface area contributed by atoms with Crippen LogP contribution in [0.5, 0.6) is 0 Å². The first-order valence-corrected chi connectivity index (χ1v) is 7.33. The van der Waals surface area contributed by atoms with Crippen molar-refractivity contribution in [3.63, 3.8) is 0 Å². The molecule has 0 saturated carbocycles. The second kappa shape index (κ2) is 5.89. The predicted octanol–water partition coefficient (Wildman–Crippen LogP) is 3.14. The van der Waals surface area contributed by atoms with Crippen LogP contribution >= 0.6 is 15.9 Å². The second-order valence-electron chi connectivity index (χ2n) is 5.05. The molecule has 21 heavy (non-hydrogen) atoms. The van der Waals surface area contributed by atoms with Crippen molar-refractivity contribution in [2.75, 3.05) is 5.32 Å². The molecule has 0 bridgehead atoms. The minimum Gasteiger partial charge on any atom is -0.419 e. The fourth-order valence-electron chi connectivity index (χ4n) is 1.82. The summed E-state index contributed by atoms with van der Waals surface area (Å²) in [6.07, 6.45) is 2.22. The van der Waals surface area contributed by atoms with E-state index in [-0.39, 0.29) is 5.57 Å². The number of rotatable bonds is 3. The number of esters is 2. The molecular weight excluding hydrogens is 338 g/mol. The van der Waals surface area contributed by atoms with Gasteiger partial charge < -0.3 is 14.8 Å². The number of hydrogen-bond donors (Lipinski definition) is 1. The van der Waals surface area contributed by atoms with Gasteiger partial charge in [0.2, 0.25) is 0 Å². The maximum Gasteiger partial charge on any atom is 0.350 e. The summed E-state index contributed by atoms with van der Waals surface area (Å²) in [5.74, 6) is -2.63. The van der Waals surface area contributed by atoms with E-state index in [0.29, 0.717) is 0 Å². The molecule has 1 aliphatic rings. The first-order valence-electron chi connectivity index (χ1n) is 6.54. The Hall–Kier alpha value is -1.82. The summed E-state index contributed by atoms with van der Waals surface area (Å²) in [6, 6.07) is 5.80. The van der Waals surface area contributed by atoms with E-state index in [9.17, 15) is 9.59 Å². The van der Waals surface area contributed by atoms with Crippen molar-refractivity contribution in [3.05, 3.63) is 40.0 Å². The number of ether oxygens (including phenoxy) is 2. The van der Waals surface area contributed by atoms with Crippen LogP contribution in [-0.2, 0) is 25.5 Å². The molecule has 0 spiro atoms. The van der Waals surface area contributed by atoms with Gasteiger partial charge >= 0.3 is 11.9 Å². The third-order valence-corrected chi connectivity index (χ3v) is 3.59. The summed E-state index contributed by atoms with van der Waals surface area (Å²) in [6.45, 7) is 5.08. The number of carbonyl (C=O) groups excluding carboxylic acids is 2. The standard InChI is InChI=1S/C15H16BrNO4/c1-4-9-5-6-12(11(16)7-9)17-8-10-13(18)20-15(2,3)21-14(10)19/h5-8,17H,4H2,1-3H3. The van der Waals surface area contributed by atoms with Crippen LogP contribution < -0.4 is 5.32 Å². The van der Waals surface area contributed by atoms with Crippen molar-refractivity contribution < 1.29 is 19.1 Å². The van der Waals surface area contributed by atoms with E-state index >= 15 is 0 Å². The van der Waals surface area contributed by atoms with Crippen LogP contribution in [0.2, 0.25) is 0 Å². The van der Waals surface area contributed by atoms with Gasteiger partial charge in [-0.25, -0.2) is 9.59 Å². The topological polar surface area (TPSA) is 64.6 Å². The number of halogens is 1. The third kappa shape index (κ3) is 3.64. The van der Waals surface area contributed by atoms with E-state index in [2.05, 4.69) is 28.2 Å². The van der Waals surface area contributed by atoms with Crippen molar-refractivity contribution in [2.24, 2.45) is 0 Å². The molecular formula is C15H16BrNO4. The third-order valence-electron chi connectivity index (χ3n) is 2.93. The lowest BCUT2D eigenvalue weighted by Crippen LogP contribution is -2.42. The fourth-order valence-corrected chi connectivity index (χ4v) is 2.36. The van der Waals surface area contributed by atoms with E-state index in [1.165, 1.54) is 25.6 Å². The number of benzene rings is 1. The van der Waals surface area contributed by atoms with Gasteiger partial charge in [-0.3, -0.25) is 0 Å². The molecule has 5 nitrogen and oxygen atoms in total. The Kier molecular flexibility index (Phi) is 4.37. The maximum absolute atomic E-state index is 11.8. The van der Waals surface area contributed by atoms with Crippen LogP contribution in [-0.4, -0.2) is 17.7 Å². The summed E-state index contributed by atoms with van der Waals surface area (Å²) in [4.78, 5) is 23.6. The molecule has 0 aliphatic carbocycles. The van der Waals surface area contributed by atoms with Crippen LogP contribution in [0.3, 0.4) is 0 Å². The number of carbonyl (C=O) groups is 2. The van der Waals surface area contributed by atoms with E-state index in [1.807, 2.05) is 18.2 Å². The SMILES string of the molecule is CCc1ccc(NC=C2C(=O)OC(C)(C)OC2=O)c(Br)c1. The highest BCUT2D eigenvalue weighted by atomic mass is 79.9. The molecule has 0 amide bonds. The molecule has 1 aromatic carbocycles. The molecule has 1 N–H and O–H groups in total. The predicted molar refractivity (Wildman–Crippen MR) is 81.5 cm³/mol. The molecule has 0 radical (unpaired) electrons. The zero-order chi connectivity index (χ0) is 15.6. The number of nitrogens with one attached hydrogen (secondary N) is 1. The Bertz CT molecular complexity index is 600. The highest BCUT2D eigenvalue weighted by molar-refractivity contribution is 9.10. The molecule has 1 aliphatic heterocycles. The van der Waals surface area contributed by atoms with Gasteiger partial charge in [0.25, 0.3) is 5.79 Å². The zero-order valence-electron chi connectivity index (χ0n) is 12.0. The smallest absolute Gasteiger partial charge is 0.350 e. The van der Waals surface area contributed by atoms with Crippen LogP contribution in [0.4, 0.5) is 5.69 Å². The summed E-state index contributed by atoms with van der Waals surface area (Å²) in [5, 5.41) is 2.91. The quantitative estimate of drug-likeness (QED) is 0.513. The normalized spacial score (nSPS) is 17.0. The fraction of sp³-hybridized carbons (Fsp3) is 0.333. The summed E-state index contributed by atoms with van der Waals surface area (Å²) < 4.78 is 10.9. The van der Waals surface area contributed by atoms with Crippen molar-refractivity contribution in [1.82, 2.24) is 0 Å². The Labute approximate surface area is 131 Å². The van der Waals surface area contributed by atoms with Crippen LogP contribution in [0.1, 0.15) is 26.3 Å². The lowest BCUT2D eigenvalue weighted by molar-refractivity contribution is -0.222. The van der Waals surface area contributed by atoms with Gasteiger partial charge in [0.05, 0.1) is 5.69 Å². The minimum absolute atomic E-state index is 0.166. The summed E-state index contributed by atoms with van der Waals surface area (Å²) >= 11 is 3.44. The monoisotopic (exact) mass is 353 g/mol. The van der Waals surface area contributed by atoms with Crippen molar-refractivity contribution in [2.45, 2.75) is 33.0 Å². The maximum atomic E-state index is 11.8.